The van der Waals surface area contributed by atoms with Gasteiger partial charge in [0.15, 0.2) is 20.3 Å². The topological polar surface area (TPSA) is 92.0 Å². The number of halogens is 1. The van der Waals surface area contributed by atoms with Crippen LogP contribution in [0.4, 0.5) is 11.8 Å². The maximum atomic E-state index is 6.48. The SMILES string of the molecule is CC1(C)O[C@@H]2[C@@H](CO[Si](C)(C)C(C)(C)C)OC(N3CCc4c(Cl)nc(N)nc43)[C@@H]2O1. The Kier molecular flexibility index (Phi) is 5.39. The largest absolute Gasteiger partial charge is 0.414 e. The summed E-state index contributed by atoms with van der Waals surface area (Å²) < 4.78 is 25.4. The number of hydrogen-bond donors (Lipinski definition) is 1. The minimum Gasteiger partial charge on any atom is -0.414 e. The van der Waals surface area contributed by atoms with Crippen LogP contribution < -0.4 is 10.6 Å². The third kappa shape index (κ3) is 3.84. The molecule has 3 aliphatic rings. The molecule has 8 nitrogen and oxygen atoms in total. The highest BCUT2D eigenvalue weighted by molar-refractivity contribution is 6.74. The number of fused-ring (bicyclic) bond motifs is 2. The summed E-state index contributed by atoms with van der Waals surface area (Å²) in [7, 11) is -1.92. The van der Waals surface area contributed by atoms with E-state index in [0.717, 1.165) is 17.8 Å². The molecule has 1 aromatic heterocycles. The van der Waals surface area contributed by atoms with Crippen molar-refractivity contribution in [1.29, 1.82) is 0 Å². The lowest BCUT2D eigenvalue weighted by atomic mass is 10.1. The van der Waals surface area contributed by atoms with Crippen molar-refractivity contribution in [3.8, 4) is 0 Å². The van der Waals surface area contributed by atoms with Gasteiger partial charge < -0.3 is 29.3 Å². The van der Waals surface area contributed by atoms with Crippen molar-refractivity contribution in [3.63, 3.8) is 0 Å². The lowest BCUT2D eigenvalue weighted by molar-refractivity contribution is -0.189. The van der Waals surface area contributed by atoms with Gasteiger partial charge in [0, 0.05) is 12.1 Å². The smallest absolute Gasteiger partial charge is 0.223 e. The Morgan fingerprint density at radius 1 is 1.23 bits per heavy atom. The standard InChI is InChI=1S/C20H33ClN4O4Si/c1-19(2,3)30(6,7)26-10-12-13-14(29-20(4,5)28-13)17(27-12)25-9-8-11-15(21)23-18(22)24-16(11)25/h12-14,17H,8-10H2,1-7H3,(H2,22,23,24)/t12-,13-,14-,17?/m1/s1. The quantitative estimate of drug-likeness (QED) is 0.544. The molecule has 0 spiro atoms. The molecule has 1 unspecified atom stereocenters. The fourth-order valence-corrected chi connectivity index (χ4v) is 5.33. The predicted octanol–water partition coefficient (Wildman–Crippen LogP) is 3.34. The fourth-order valence-electron chi connectivity index (χ4n) is 4.05. The molecule has 3 aliphatic heterocycles. The van der Waals surface area contributed by atoms with Crippen LogP contribution in [0.15, 0.2) is 0 Å². The molecule has 0 saturated carbocycles. The first-order valence-corrected chi connectivity index (χ1v) is 13.8. The summed E-state index contributed by atoms with van der Waals surface area (Å²) >= 11 is 6.30. The molecule has 2 N–H and O–H groups in total. The monoisotopic (exact) mass is 456 g/mol. The number of aromatic nitrogens is 2. The Morgan fingerprint density at radius 2 is 1.90 bits per heavy atom. The van der Waals surface area contributed by atoms with E-state index in [2.05, 4.69) is 48.7 Å². The second-order valence-electron chi connectivity index (χ2n) is 10.3. The van der Waals surface area contributed by atoms with Gasteiger partial charge in [0.1, 0.15) is 29.3 Å². The van der Waals surface area contributed by atoms with Gasteiger partial charge in [-0.25, -0.2) is 4.98 Å². The van der Waals surface area contributed by atoms with Gasteiger partial charge in [-0.3, -0.25) is 0 Å². The minimum absolute atomic E-state index is 0.121. The molecule has 0 bridgehead atoms. The van der Waals surface area contributed by atoms with E-state index >= 15 is 0 Å². The Hall–Kier alpha value is -0.973. The first kappa shape index (κ1) is 22.2. The Balaban J connectivity index is 1.58. The molecule has 4 heterocycles. The average molecular weight is 457 g/mol. The highest BCUT2D eigenvalue weighted by Crippen LogP contribution is 2.44. The second kappa shape index (κ2) is 7.28. The molecule has 0 radical (unpaired) electrons. The van der Waals surface area contributed by atoms with Crippen molar-refractivity contribution >= 4 is 31.7 Å². The average Bonchev–Trinajstić information content (AvgIpc) is 3.23. The van der Waals surface area contributed by atoms with Gasteiger partial charge in [0.2, 0.25) is 5.95 Å². The van der Waals surface area contributed by atoms with Gasteiger partial charge in [-0.15, -0.1) is 0 Å². The minimum atomic E-state index is -1.92. The van der Waals surface area contributed by atoms with E-state index in [1.807, 2.05) is 13.8 Å². The Morgan fingerprint density at radius 3 is 2.57 bits per heavy atom. The molecule has 10 heteroatoms. The zero-order chi connectivity index (χ0) is 22.1. The first-order valence-electron chi connectivity index (χ1n) is 10.5. The van der Waals surface area contributed by atoms with Crippen LogP contribution in [0.25, 0.3) is 0 Å². The summed E-state index contributed by atoms with van der Waals surface area (Å²) in [6.45, 7) is 16.2. The van der Waals surface area contributed by atoms with Gasteiger partial charge in [-0.1, -0.05) is 32.4 Å². The molecular formula is C20H33ClN4O4Si. The van der Waals surface area contributed by atoms with Gasteiger partial charge in [-0.05, 0) is 38.4 Å². The third-order valence-electron chi connectivity index (χ3n) is 6.67. The van der Waals surface area contributed by atoms with Gasteiger partial charge in [0.25, 0.3) is 0 Å². The van der Waals surface area contributed by atoms with E-state index < -0.39 is 14.1 Å². The maximum absolute atomic E-state index is 6.48. The zero-order valence-corrected chi connectivity index (χ0v) is 20.6. The van der Waals surface area contributed by atoms with Crippen molar-refractivity contribution < 1.29 is 18.6 Å². The van der Waals surface area contributed by atoms with Crippen molar-refractivity contribution in [3.05, 3.63) is 10.7 Å². The highest BCUT2D eigenvalue weighted by Gasteiger charge is 2.58. The van der Waals surface area contributed by atoms with Crippen LogP contribution in [0.3, 0.4) is 0 Å². The molecule has 0 aliphatic carbocycles. The number of nitrogens with zero attached hydrogens (tertiary/aromatic N) is 3. The van der Waals surface area contributed by atoms with Gasteiger partial charge in [-0.2, -0.15) is 4.98 Å². The van der Waals surface area contributed by atoms with Crippen LogP contribution in [0.2, 0.25) is 23.3 Å². The highest BCUT2D eigenvalue weighted by atomic mass is 35.5. The summed E-state index contributed by atoms with van der Waals surface area (Å²) in [5.41, 5.74) is 6.75. The summed E-state index contributed by atoms with van der Waals surface area (Å²) in [6.07, 6.45) is -0.311. The molecule has 30 heavy (non-hydrogen) atoms. The molecule has 168 valence electrons. The molecule has 0 amide bonds. The van der Waals surface area contributed by atoms with E-state index in [0.29, 0.717) is 18.3 Å². The number of ether oxygens (including phenoxy) is 3. The first-order chi connectivity index (χ1) is 13.8. The summed E-state index contributed by atoms with van der Waals surface area (Å²) in [5.74, 6) is 0.190. The predicted molar refractivity (Wildman–Crippen MR) is 118 cm³/mol. The Bertz CT molecular complexity index is 832. The summed E-state index contributed by atoms with van der Waals surface area (Å²) in [6, 6.07) is 0. The number of nitrogens with two attached hydrogens (primary N) is 1. The van der Waals surface area contributed by atoms with E-state index in [9.17, 15) is 0 Å². The summed E-state index contributed by atoms with van der Waals surface area (Å²) in [4.78, 5) is 10.6. The number of rotatable bonds is 4. The van der Waals surface area contributed by atoms with Crippen molar-refractivity contribution in [1.82, 2.24) is 9.97 Å². The van der Waals surface area contributed by atoms with E-state index in [4.69, 9.17) is 36.0 Å². The van der Waals surface area contributed by atoms with Crippen LogP contribution in [-0.4, -0.2) is 61.8 Å². The summed E-state index contributed by atoms with van der Waals surface area (Å²) in [5, 5.41) is 0.520. The lowest BCUT2D eigenvalue weighted by Crippen LogP contribution is -2.44. The molecule has 4 rings (SSSR count). The number of nitrogen functional groups attached to an aromatic ring is 1. The Labute approximate surface area is 184 Å². The number of anilines is 2. The molecule has 1 aromatic rings. The molecule has 0 aromatic carbocycles. The lowest BCUT2D eigenvalue weighted by Gasteiger charge is -2.37. The van der Waals surface area contributed by atoms with Crippen molar-refractivity contribution in [2.45, 2.75) is 89.5 Å². The van der Waals surface area contributed by atoms with Crippen molar-refractivity contribution in [2.75, 3.05) is 23.8 Å². The van der Waals surface area contributed by atoms with Crippen LogP contribution in [-0.2, 0) is 25.1 Å². The van der Waals surface area contributed by atoms with E-state index in [-0.39, 0.29) is 35.5 Å². The molecule has 4 atom stereocenters. The molecule has 2 saturated heterocycles. The van der Waals surface area contributed by atoms with Crippen LogP contribution in [0.5, 0.6) is 0 Å². The maximum Gasteiger partial charge on any atom is 0.223 e. The normalized spacial score (nSPS) is 30.6. The molecule has 2 fully saturated rings. The van der Waals surface area contributed by atoms with Crippen LogP contribution in [0, 0.1) is 0 Å². The van der Waals surface area contributed by atoms with E-state index in [1.54, 1.807) is 0 Å². The fraction of sp³-hybridized carbons (Fsp3) is 0.800. The van der Waals surface area contributed by atoms with E-state index in [1.165, 1.54) is 0 Å². The van der Waals surface area contributed by atoms with Crippen LogP contribution >= 0.6 is 11.6 Å². The van der Waals surface area contributed by atoms with Crippen LogP contribution in [0.1, 0.15) is 40.2 Å². The number of hydrogen-bond acceptors (Lipinski definition) is 8. The van der Waals surface area contributed by atoms with Gasteiger partial charge >= 0.3 is 0 Å². The van der Waals surface area contributed by atoms with Crippen molar-refractivity contribution in [2.24, 2.45) is 0 Å². The second-order valence-corrected chi connectivity index (χ2v) is 15.5. The zero-order valence-electron chi connectivity index (χ0n) is 18.9. The third-order valence-corrected chi connectivity index (χ3v) is 11.5. The van der Waals surface area contributed by atoms with Gasteiger partial charge in [0.05, 0.1) is 6.61 Å². The molecular weight excluding hydrogens is 424 g/mol.